The number of hydrogen-bond donors (Lipinski definition) is 2. The number of anilines is 2. The highest BCUT2D eigenvalue weighted by Gasteiger charge is 2.49. The summed E-state index contributed by atoms with van der Waals surface area (Å²) in [5.41, 5.74) is 9.93. The third kappa shape index (κ3) is 5.64. The fourth-order valence-electron chi connectivity index (χ4n) is 5.10. The molecule has 5 rings (SSSR count). The Morgan fingerprint density at radius 3 is 2.59 bits per heavy atom. The van der Waals surface area contributed by atoms with Crippen LogP contribution in [-0.4, -0.2) is 29.8 Å². The van der Waals surface area contributed by atoms with Crippen molar-refractivity contribution in [3.05, 3.63) is 113 Å². The lowest BCUT2D eigenvalue weighted by molar-refractivity contribution is -0.136. The molecule has 1 heterocycles. The van der Waals surface area contributed by atoms with E-state index in [9.17, 15) is 14.4 Å². The molecule has 1 aromatic heterocycles. The van der Waals surface area contributed by atoms with Gasteiger partial charge in [0.2, 0.25) is 11.8 Å². The van der Waals surface area contributed by atoms with Gasteiger partial charge in [0.05, 0.1) is 38.7 Å². The number of nitriles is 1. The number of carbonyl (C=O) groups is 3. The molecule has 3 amide bonds. The number of rotatable bonds is 8. The van der Waals surface area contributed by atoms with Gasteiger partial charge in [0.15, 0.2) is 0 Å². The first-order valence-electron chi connectivity index (χ1n) is 13.0. The molecule has 8 nitrogen and oxygen atoms in total. The van der Waals surface area contributed by atoms with Crippen LogP contribution in [0.1, 0.15) is 17.5 Å². The van der Waals surface area contributed by atoms with E-state index in [1.54, 1.807) is 55.1 Å². The lowest BCUT2D eigenvalue weighted by Gasteiger charge is -2.39. The Morgan fingerprint density at radius 1 is 1.12 bits per heavy atom. The first kappa shape index (κ1) is 27.5. The van der Waals surface area contributed by atoms with Gasteiger partial charge < -0.3 is 16.0 Å². The van der Waals surface area contributed by atoms with Crippen molar-refractivity contribution < 1.29 is 14.4 Å². The predicted octanol–water partition coefficient (Wildman–Crippen LogP) is 4.99. The molecule has 0 bridgehead atoms. The van der Waals surface area contributed by atoms with Crippen LogP contribution >= 0.6 is 11.3 Å². The summed E-state index contributed by atoms with van der Waals surface area (Å²) in [5.74, 6) is -2.32. The number of nitrogens with two attached hydrogens (primary N) is 1. The molecule has 2 unspecified atom stereocenters. The average Bonchev–Trinajstić information content (AvgIpc) is 3.48. The van der Waals surface area contributed by atoms with Crippen LogP contribution in [0.25, 0.3) is 10.2 Å². The zero-order chi connectivity index (χ0) is 29.0. The van der Waals surface area contributed by atoms with Crippen molar-refractivity contribution in [1.82, 2.24) is 4.98 Å². The molecule has 9 heteroatoms. The molecule has 1 aliphatic carbocycles. The van der Waals surface area contributed by atoms with Crippen LogP contribution < -0.4 is 16.0 Å². The number of aromatic nitrogens is 1. The molecule has 1 aliphatic rings. The number of carbonyl (C=O) groups excluding carboxylic acids is 3. The number of nitrogens with zero attached hydrogens (tertiary/aromatic N) is 3. The lowest BCUT2D eigenvalue weighted by Crippen LogP contribution is -2.51. The van der Waals surface area contributed by atoms with E-state index in [0.29, 0.717) is 22.5 Å². The number of thiazole rings is 1. The highest BCUT2D eigenvalue weighted by molar-refractivity contribution is 7.16. The minimum Gasteiger partial charge on any atom is -0.369 e. The summed E-state index contributed by atoms with van der Waals surface area (Å²) < 4.78 is 1.00. The fraction of sp³-hybridized carbons (Fsp3) is 0.156. The summed E-state index contributed by atoms with van der Waals surface area (Å²) in [6.45, 7) is 0. The van der Waals surface area contributed by atoms with Gasteiger partial charge in [-0.3, -0.25) is 14.4 Å². The van der Waals surface area contributed by atoms with Crippen LogP contribution in [0.3, 0.4) is 0 Å². The number of nitrogens with one attached hydrogen (secondary N) is 1. The monoisotopic (exact) mass is 561 g/mol. The first-order chi connectivity index (χ1) is 19.8. The molecular formula is C32H27N5O3S. The van der Waals surface area contributed by atoms with E-state index >= 15 is 0 Å². The minimum absolute atomic E-state index is 0.0524. The zero-order valence-corrected chi connectivity index (χ0v) is 23.1. The second-order valence-corrected chi connectivity index (χ2v) is 10.8. The predicted molar refractivity (Wildman–Crippen MR) is 160 cm³/mol. The summed E-state index contributed by atoms with van der Waals surface area (Å²) in [6, 6.07) is 23.5. The van der Waals surface area contributed by atoms with Crippen molar-refractivity contribution >= 4 is 50.6 Å². The van der Waals surface area contributed by atoms with Gasteiger partial charge in [-0.25, -0.2) is 4.98 Å². The van der Waals surface area contributed by atoms with Gasteiger partial charge in [0, 0.05) is 24.0 Å². The molecule has 0 fully saturated rings. The van der Waals surface area contributed by atoms with E-state index in [0.717, 1.165) is 15.8 Å². The Hall–Kier alpha value is -5.07. The Morgan fingerprint density at radius 2 is 1.88 bits per heavy atom. The largest absolute Gasteiger partial charge is 0.369 e. The summed E-state index contributed by atoms with van der Waals surface area (Å²) in [6.07, 6.45) is 5.08. The molecule has 0 radical (unpaired) electrons. The topological polar surface area (TPSA) is 129 Å². The van der Waals surface area contributed by atoms with E-state index in [1.165, 1.54) is 16.2 Å². The highest BCUT2D eigenvalue weighted by atomic mass is 32.1. The second kappa shape index (κ2) is 11.6. The molecule has 0 saturated heterocycles. The fourth-order valence-corrected chi connectivity index (χ4v) is 5.76. The van der Waals surface area contributed by atoms with Gasteiger partial charge in [-0.15, -0.1) is 11.3 Å². The molecule has 2 atom stereocenters. The normalized spacial score (nSPS) is 16.8. The van der Waals surface area contributed by atoms with Crippen LogP contribution in [0.5, 0.6) is 0 Å². The molecule has 0 aliphatic heterocycles. The van der Waals surface area contributed by atoms with Crippen molar-refractivity contribution in [3.8, 4) is 6.07 Å². The summed E-state index contributed by atoms with van der Waals surface area (Å²) in [5, 5.41) is 11.9. The number of hydrogen-bond acceptors (Lipinski definition) is 6. The van der Waals surface area contributed by atoms with Crippen molar-refractivity contribution in [2.75, 3.05) is 17.3 Å². The standard InChI is InChI=1S/C32H27N5O3S/c1-37(25-13-14-28-27(17-25)35-20-41-28)30(39)26(16-21-6-3-2-4-7-21)32(31(34)40)15-5-8-23(18-32)29(38)36-24-11-9-22(19-33)10-12-24/h2-15,17,20,26H,16,18H2,1H3,(H2,34,40)(H,36,38). The molecule has 204 valence electrons. The molecule has 0 spiro atoms. The molecule has 0 saturated carbocycles. The molecule has 3 aromatic carbocycles. The first-order valence-corrected chi connectivity index (χ1v) is 13.8. The van der Waals surface area contributed by atoms with E-state index in [1.807, 2.05) is 54.6 Å². The maximum atomic E-state index is 14.3. The van der Waals surface area contributed by atoms with Gasteiger partial charge >= 0.3 is 0 Å². The Kier molecular flexibility index (Phi) is 7.77. The lowest BCUT2D eigenvalue weighted by atomic mass is 9.65. The zero-order valence-electron chi connectivity index (χ0n) is 22.3. The Labute approximate surface area is 241 Å². The van der Waals surface area contributed by atoms with Crippen molar-refractivity contribution in [1.29, 1.82) is 5.26 Å². The summed E-state index contributed by atoms with van der Waals surface area (Å²) >= 11 is 1.51. The van der Waals surface area contributed by atoms with E-state index in [4.69, 9.17) is 11.0 Å². The van der Waals surface area contributed by atoms with E-state index in [-0.39, 0.29) is 18.7 Å². The second-order valence-electron chi connectivity index (χ2n) is 9.92. The van der Waals surface area contributed by atoms with Crippen molar-refractivity contribution in [2.24, 2.45) is 17.1 Å². The Balaban J connectivity index is 1.48. The maximum absolute atomic E-state index is 14.3. The number of amides is 3. The quantitative estimate of drug-likeness (QED) is 0.313. The van der Waals surface area contributed by atoms with Crippen LogP contribution in [0, 0.1) is 22.7 Å². The minimum atomic E-state index is -1.46. The van der Waals surface area contributed by atoms with Crippen LogP contribution in [0.2, 0.25) is 0 Å². The van der Waals surface area contributed by atoms with Gasteiger partial charge in [0.25, 0.3) is 5.91 Å². The maximum Gasteiger partial charge on any atom is 0.251 e. The third-order valence-electron chi connectivity index (χ3n) is 7.43. The average molecular weight is 562 g/mol. The Bertz CT molecular complexity index is 1720. The van der Waals surface area contributed by atoms with Gasteiger partial charge in [-0.1, -0.05) is 48.6 Å². The number of benzene rings is 3. The SMILES string of the molecule is CN(C(=O)C(Cc1ccccc1)C1(C(N)=O)C=CC=C(C(=O)Nc2ccc(C#N)cc2)C1)c1ccc2scnc2c1. The molecule has 41 heavy (non-hydrogen) atoms. The third-order valence-corrected chi connectivity index (χ3v) is 8.24. The van der Waals surface area contributed by atoms with Crippen LogP contribution in [0.4, 0.5) is 11.4 Å². The molecule has 3 N–H and O–H groups in total. The number of allylic oxidation sites excluding steroid dienone is 2. The van der Waals surface area contributed by atoms with Crippen molar-refractivity contribution in [3.63, 3.8) is 0 Å². The van der Waals surface area contributed by atoms with E-state index in [2.05, 4.69) is 10.3 Å². The number of primary amides is 1. The smallest absolute Gasteiger partial charge is 0.251 e. The molecular weight excluding hydrogens is 534 g/mol. The van der Waals surface area contributed by atoms with Crippen LogP contribution in [-0.2, 0) is 20.8 Å². The highest BCUT2D eigenvalue weighted by Crippen LogP contribution is 2.42. The number of fused-ring (bicyclic) bond motifs is 1. The van der Waals surface area contributed by atoms with Gasteiger partial charge in [0.1, 0.15) is 0 Å². The van der Waals surface area contributed by atoms with Gasteiger partial charge in [-0.05, 0) is 60.9 Å². The summed E-state index contributed by atoms with van der Waals surface area (Å²) in [4.78, 5) is 46.8. The van der Waals surface area contributed by atoms with Gasteiger partial charge in [-0.2, -0.15) is 5.26 Å². The van der Waals surface area contributed by atoms with E-state index < -0.39 is 23.1 Å². The van der Waals surface area contributed by atoms with Crippen LogP contribution in [0.15, 0.2) is 102 Å². The summed E-state index contributed by atoms with van der Waals surface area (Å²) in [7, 11) is 1.67. The molecule has 4 aromatic rings. The van der Waals surface area contributed by atoms with Crippen molar-refractivity contribution in [2.45, 2.75) is 12.8 Å².